The molecule has 0 fully saturated rings. The molecule has 110 valence electrons. The molecule has 0 spiro atoms. The number of anilines is 1. The van der Waals surface area contributed by atoms with Crippen LogP contribution in [0.3, 0.4) is 0 Å². The third-order valence-electron chi connectivity index (χ3n) is 2.98. The third kappa shape index (κ3) is 3.22. The lowest BCUT2D eigenvalue weighted by atomic mass is 10.1. The Morgan fingerprint density at radius 1 is 1.18 bits per heavy atom. The second kappa shape index (κ2) is 6.41. The van der Waals surface area contributed by atoms with Gasteiger partial charge in [0.05, 0.1) is 30.0 Å². The second-order valence-corrected chi connectivity index (χ2v) is 4.36. The summed E-state index contributed by atoms with van der Waals surface area (Å²) in [5.74, 6) is -1.06. The Kier molecular flexibility index (Phi) is 4.39. The number of benzene rings is 2. The van der Waals surface area contributed by atoms with Crippen molar-refractivity contribution in [3.63, 3.8) is 0 Å². The van der Waals surface area contributed by atoms with Gasteiger partial charge in [0.2, 0.25) is 0 Å². The number of ether oxygens (including phenoxy) is 1. The maximum Gasteiger partial charge on any atom is 0.337 e. The van der Waals surface area contributed by atoms with E-state index in [9.17, 15) is 9.59 Å². The van der Waals surface area contributed by atoms with Crippen LogP contribution < -0.4 is 10.1 Å². The number of amides is 1. The highest BCUT2D eigenvalue weighted by atomic mass is 16.5. The van der Waals surface area contributed by atoms with Gasteiger partial charge in [0.1, 0.15) is 5.75 Å². The van der Waals surface area contributed by atoms with Crippen molar-refractivity contribution in [2.24, 2.45) is 0 Å². The molecule has 2 N–H and O–H groups in total. The van der Waals surface area contributed by atoms with E-state index in [-0.39, 0.29) is 16.8 Å². The number of carbonyl (C=O) groups is 2. The summed E-state index contributed by atoms with van der Waals surface area (Å²) < 4.78 is 5.00. The third-order valence-corrected chi connectivity index (χ3v) is 2.98. The summed E-state index contributed by atoms with van der Waals surface area (Å²) in [6.07, 6.45) is 0. The van der Waals surface area contributed by atoms with Crippen LogP contribution in [0, 0.1) is 11.3 Å². The van der Waals surface area contributed by atoms with Gasteiger partial charge >= 0.3 is 5.97 Å². The van der Waals surface area contributed by atoms with E-state index in [1.165, 1.54) is 25.3 Å². The molecule has 0 atom stereocenters. The van der Waals surface area contributed by atoms with Crippen molar-refractivity contribution in [1.82, 2.24) is 0 Å². The molecular formula is C16H12N2O4. The van der Waals surface area contributed by atoms with E-state index >= 15 is 0 Å². The Labute approximate surface area is 126 Å². The number of nitrogens with zero attached hydrogens (tertiary/aromatic N) is 1. The zero-order valence-corrected chi connectivity index (χ0v) is 11.7. The molecule has 0 aliphatic rings. The Hall–Kier alpha value is -3.33. The number of carboxylic acid groups (broad SMARTS) is 1. The number of aromatic carboxylic acids is 1. The molecule has 0 saturated carbocycles. The van der Waals surface area contributed by atoms with Gasteiger partial charge in [-0.1, -0.05) is 0 Å². The van der Waals surface area contributed by atoms with Crippen molar-refractivity contribution in [2.45, 2.75) is 0 Å². The first-order valence-corrected chi connectivity index (χ1v) is 6.28. The minimum absolute atomic E-state index is 0.132. The first kappa shape index (κ1) is 15.1. The Bertz CT molecular complexity index is 761. The van der Waals surface area contributed by atoms with Crippen LogP contribution in [-0.2, 0) is 0 Å². The van der Waals surface area contributed by atoms with Gasteiger partial charge < -0.3 is 15.2 Å². The maximum absolute atomic E-state index is 12.1. The summed E-state index contributed by atoms with van der Waals surface area (Å²) in [7, 11) is 1.52. The molecule has 6 heteroatoms. The van der Waals surface area contributed by atoms with Crippen LogP contribution in [0.4, 0.5) is 5.69 Å². The standard InChI is InChI=1S/C16H12N2O4/c1-22-12-5-3-11(4-6-12)15(19)18-14-7-2-10(9-17)8-13(14)16(20)21/h2-8H,1H3,(H,18,19)(H,20,21). The van der Waals surface area contributed by atoms with Gasteiger partial charge in [-0.05, 0) is 42.5 Å². The number of methoxy groups -OCH3 is 1. The van der Waals surface area contributed by atoms with Crippen LogP contribution in [0.1, 0.15) is 26.3 Å². The quantitative estimate of drug-likeness (QED) is 0.903. The van der Waals surface area contributed by atoms with Crippen LogP contribution in [0.25, 0.3) is 0 Å². The molecule has 0 bridgehead atoms. The fraction of sp³-hybridized carbons (Fsp3) is 0.0625. The summed E-state index contributed by atoms with van der Waals surface area (Å²) in [4.78, 5) is 23.3. The minimum atomic E-state index is -1.22. The molecule has 2 aromatic rings. The summed E-state index contributed by atoms with van der Waals surface area (Å²) in [5.41, 5.74) is 0.564. The number of carbonyl (C=O) groups excluding carboxylic acids is 1. The normalized spacial score (nSPS) is 9.64. The van der Waals surface area contributed by atoms with E-state index in [0.29, 0.717) is 11.3 Å². The Balaban J connectivity index is 2.27. The highest BCUT2D eigenvalue weighted by Crippen LogP contribution is 2.19. The zero-order valence-electron chi connectivity index (χ0n) is 11.7. The Morgan fingerprint density at radius 3 is 2.41 bits per heavy atom. The van der Waals surface area contributed by atoms with Gasteiger partial charge in [-0.25, -0.2) is 4.79 Å². The molecule has 0 aliphatic carbocycles. The summed E-state index contributed by atoms with van der Waals surface area (Å²) in [6.45, 7) is 0. The van der Waals surface area contributed by atoms with Crippen molar-refractivity contribution in [3.8, 4) is 11.8 Å². The maximum atomic E-state index is 12.1. The highest BCUT2D eigenvalue weighted by molar-refractivity contribution is 6.07. The van der Waals surface area contributed by atoms with Crippen molar-refractivity contribution in [2.75, 3.05) is 12.4 Å². The van der Waals surface area contributed by atoms with Crippen molar-refractivity contribution < 1.29 is 19.4 Å². The van der Waals surface area contributed by atoms with Crippen LogP contribution in [0.2, 0.25) is 0 Å². The summed E-state index contributed by atoms with van der Waals surface area (Å²) >= 11 is 0. The van der Waals surface area contributed by atoms with Gasteiger partial charge in [0, 0.05) is 5.56 Å². The number of nitrogens with one attached hydrogen (secondary N) is 1. The summed E-state index contributed by atoms with van der Waals surface area (Å²) in [5, 5.41) is 20.5. The van der Waals surface area contributed by atoms with Gasteiger partial charge in [-0.3, -0.25) is 4.79 Å². The fourth-order valence-corrected chi connectivity index (χ4v) is 1.84. The van der Waals surface area contributed by atoms with E-state index in [1.54, 1.807) is 24.3 Å². The molecule has 6 nitrogen and oxygen atoms in total. The van der Waals surface area contributed by atoms with Crippen molar-refractivity contribution in [1.29, 1.82) is 5.26 Å². The molecule has 0 saturated heterocycles. The van der Waals surface area contributed by atoms with E-state index in [4.69, 9.17) is 15.1 Å². The Morgan fingerprint density at radius 2 is 1.86 bits per heavy atom. The lowest BCUT2D eigenvalue weighted by Gasteiger charge is -2.09. The molecule has 22 heavy (non-hydrogen) atoms. The number of hydrogen-bond acceptors (Lipinski definition) is 4. The number of hydrogen-bond donors (Lipinski definition) is 2. The predicted molar refractivity (Wildman–Crippen MR) is 79.1 cm³/mol. The van der Waals surface area contributed by atoms with Crippen LogP contribution >= 0.6 is 0 Å². The van der Waals surface area contributed by atoms with Crippen molar-refractivity contribution in [3.05, 3.63) is 59.2 Å². The number of carboxylic acids is 1. The highest BCUT2D eigenvalue weighted by Gasteiger charge is 2.14. The monoisotopic (exact) mass is 296 g/mol. The van der Waals surface area contributed by atoms with E-state index in [2.05, 4.69) is 5.32 Å². The lowest BCUT2D eigenvalue weighted by Crippen LogP contribution is -2.15. The minimum Gasteiger partial charge on any atom is -0.497 e. The molecule has 0 aliphatic heterocycles. The molecule has 0 radical (unpaired) electrons. The van der Waals surface area contributed by atoms with Gasteiger partial charge in [0.15, 0.2) is 0 Å². The van der Waals surface area contributed by atoms with E-state index in [0.717, 1.165) is 0 Å². The number of rotatable bonds is 4. The average Bonchev–Trinajstić information content (AvgIpc) is 2.55. The molecule has 2 rings (SSSR count). The molecular weight excluding hydrogens is 284 g/mol. The number of nitriles is 1. The summed E-state index contributed by atoms with van der Waals surface area (Å²) in [6, 6.07) is 12.3. The first-order chi connectivity index (χ1) is 10.5. The SMILES string of the molecule is COc1ccc(C(=O)Nc2ccc(C#N)cc2C(=O)O)cc1. The molecule has 1 amide bonds. The lowest BCUT2D eigenvalue weighted by molar-refractivity contribution is 0.0698. The fourth-order valence-electron chi connectivity index (χ4n) is 1.84. The van der Waals surface area contributed by atoms with Gasteiger partial charge in [-0.15, -0.1) is 0 Å². The van der Waals surface area contributed by atoms with Crippen LogP contribution in [0.15, 0.2) is 42.5 Å². The van der Waals surface area contributed by atoms with Gasteiger partial charge in [-0.2, -0.15) is 5.26 Å². The second-order valence-electron chi connectivity index (χ2n) is 4.36. The van der Waals surface area contributed by atoms with E-state index < -0.39 is 11.9 Å². The smallest absolute Gasteiger partial charge is 0.337 e. The molecule has 0 unspecified atom stereocenters. The molecule has 0 aromatic heterocycles. The van der Waals surface area contributed by atoms with Crippen LogP contribution in [0.5, 0.6) is 5.75 Å². The van der Waals surface area contributed by atoms with E-state index in [1.807, 2.05) is 6.07 Å². The zero-order chi connectivity index (χ0) is 16.1. The predicted octanol–water partition coefficient (Wildman–Crippen LogP) is 2.52. The van der Waals surface area contributed by atoms with Crippen molar-refractivity contribution >= 4 is 17.6 Å². The largest absolute Gasteiger partial charge is 0.497 e. The molecule has 0 heterocycles. The topological polar surface area (TPSA) is 99.4 Å². The van der Waals surface area contributed by atoms with Crippen LogP contribution in [-0.4, -0.2) is 24.1 Å². The first-order valence-electron chi connectivity index (χ1n) is 6.28. The molecule has 2 aromatic carbocycles. The van der Waals surface area contributed by atoms with Gasteiger partial charge in [0.25, 0.3) is 5.91 Å². The average molecular weight is 296 g/mol.